The summed E-state index contributed by atoms with van der Waals surface area (Å²) in [4.78, 5) is 12.5. The summed E-state index contributed by atoms with van der Waals surface area (Å²) in [6.07, 6.45) is 0.914. The van der Waals surface area contributed by atoms with Gasteiger partial charge in [0.05, 0.1) is 20.3 Å². The lowest BCUT2D eigenvalue weighted by Gasteiger charge is -2.18. The SMILES string of the molecule is COc1ccc(OC)c([C@H](C)NC(=O)[C@@H]2C[C@H]2c2ccccc2)c1. The first-order valence-electron chi connectivity index (χ1n) is 8.21. The summed E-state index contributed by atoms with van der Waals surface area (Å²) in [5.74, 6) is 2.00. The fourth-order valence-electron chi connectivity index (χ4n) is 3.13. The molecule has 3 atom stereocenters. The number of ether oxygens (including phenoxy) is 2. The molecule has 3 rings (SSSR count). The molecule has 126 valence electrons. The Bertz CT molecular complexity index is 714. The lowest BCUT2D eigenvalue weighted by molar-refractivity contribution is -0.123. The van der Waals surface area contributed by atoms with E-state index in [1.54, 1.807) is 14.2 Å². The Hall–Kier alpha value is -2.49. The van der Waals surface area contributed by atoms with Gasteiger partial charge in [-0.25, -0.2) is 0 Å². The number of carbonyl (C=O) groups excluding carboxylic acids is 1. The van der Waals surface area contributed by atoms with Crippen LogP contribution in [0.2, 0.25) is 0 Å². The minimum atomic E-state index is -0.139. The van der Waals surface area contributed by atoms with E-state index >= 15 is 0 Å². The van der Waals surface area contributed by atoms with Crippen LogP contribution < -0.4 is 14.8 Å². The maximum Gasteiger partial charge on any atom is 0.224 e. The highest BCUT2D eigenvalue weighted by Gasteiger charge is 2.44. The second kappa shape index (κ2) is 6.95. The van der Waals surface area contributed by atoms with Gasteiger partial charge >= 0.3 is 0 Å². The number of benzene rings is 2. The van der Waals surface area contributed by atoms with Crippen molar-refractivity contribution in [3.05, 3.63) is 59.7 Å². The van der Waals surface area contributed by atoms with Gasteiger partial charge in [-0.2, -0.15) is 0 Å². The predicted octanol–water partition coefficient (Wildman–Crippen LogP) is 3.68. The van der Waals surface area contributed by atoms with Crippen LogP contribution in [0.1, 0.15) is 36.4 Å². The van der Waals surface area contributed by atoms with Crippen LogP contribution in [0.25, 0.3) is 0 Å². The first kappa shape index (κ1) is 16.4. The molecule has 1 fully saturated rings. The van der Waals surface area contributed by atoms with E-state index in [2.05, 4.69) is 17.4 Å². The Kier molecular flexibility index (Phi) is 4.74. The fourth-order valence-corrected chi connectivity index (χ4v) is 3.13. The molecule has 0 aromatic heterocycles. The number of nitrogens with one attached hydrogen (secondary N) is 1. The van der Waals surface area contributed by atoms with Crippen molar-refractivity contribution < 1.29 is 14.3 Å². The van der Waals surface area contributed by atoms with Crippen molar-refractivity contribution in [1.29, 1.82) is 0 Å². The molecule has 0 heterocycles. The van der Waals surface area contributed by atoms with Crippen LogP contribution >= 0.6 is 0 Å². The van der Waals surface area contributed by atoms with Crippen molar-refractivity contribution in [3.63, 3.8) is 0 Å². The summed E-state index contributed by atoms with van der Waals surface area (Å²) in [6.45, 7) is 1.97. The average molecular weight is 325 g/mol. The van der Waals surface area contributed by atoms with E-state index in [0.717, 1.165) is 23.5 Å². The van der Waals surface area contributed by atoms with Crippen LogP contribution in [0.3, 0.4) is 0 Å². The number of hydrogen-bond acceptors (Lipinski definition) is 3. The molecule has 1 N–H and O–H groups in total. The first-order valence-corrected chi connectivity index (χ1v) is 8.21. The summed E-state index contributed by atoms with van der Waals surface area (Å²) in [5.41, 5.74) is 2.16. The maximum absolute atomic E-state index is 12.5. The third kappa shape index (κ3) is 3.37. The molecule has 0 radical (unpaired) electrons. The van der Waals surface area contributed by atoms with Gasteiger partial charge in [0.1, 0.15) is 11.5 Å². The summed E-state index contributed by atoms with van der Waals surface area (Å²) < 4.78 is 10.7. The zero-order valence-corrected chi connectivity index (χ0v) is 14.3. The van der Waals surface area contributed by atoms with Crippen molar-refractivity contribution >= 4 is 5.91 Å². The molecule has 0 bridgehead atoms. The molecule has 4 nitrogen and oxygen atoms in total. The molecule has 2 aromatic carbocycles. The highest BCUT2D eigenvalue weighted by Crippen LogP contribution is 2.47. The lowest BCUT2D eigenvalue weighted by Crippen LogP contribution is -2.28. The number of carbonyl (C=O) groups is 1. The van der Waals surface area contributed by atoms with Crippen LogP contribution in [0.4, 0.5) is 0 Å². The molecule has 0 aliphatic heterocycles. The van der Waals surface area contributed by atoms with Crippen molar-refractivity contribution in [2.24, 2.45) is 5.92 Å². The van der Waals surface area contributed by atoms with Crippen LogP contribution in [0.15, 0.2) is 48.5 Å². The van der Waals surface area contributed by atoms with Gasteiger partial charge in [-0.05, 0) is 43.0 Å². The van der Waals surface area contributed by atoms with Crippen molar-refractivity contribution in [2.75, 3.05) is 14.2 Å². The number of amides is 1. The van der Waals surface area contributed by atoms with E-state index in [0.29, 0.717) is 5.92 Å². The second-order valence-electron chi connectivity index (χ2n) is 6.20. The minimum absolute atomic E-state index is 0.0615. The van der Waals surface area contributed by atoms with E-state index in [4.69, 9.17) is 9.47 Å². The van der Waals surface area contributed by atoms with Gasteiger partial charge < -0.3 is 14.8 Å². The molecule has 1 aliphatic rings. The summed E-state index contributed by atoms with van der Waals surface area (Å²) >= 11 is 0. The van der Waals surface area contributed by atoms with Crippen molar-refractivity contribution in [2.45, 2.75) is 25.3 Å². The Balaban J connectivity index is 1.67. The monoisotopic (exact) mass is 325 g/mol. The highest BCUT2D eigenvalue weighted by atomic mass is 16.5. The van der Waals surface area contributed by atoms with Gasteiger partial charge in [0, 0.05) is 11.5 Å². The summed E-state index contributed by atoms with van der Waals surface area (Å²) in [7, 11) is 3.26. The summed E-state index contributed by atoms with van der Waals surface area (Å²) in [5, 5.41) is 3.11. The highest BCUT2D eigenvalue weighted by molar-refractivity contribution is 5.83. The zero-order chi connectivity index (χ0) is 17.1. The zero-order valence-electron chi connectivity index (χ0n) is 14.3. The van der Waals surface area contributed by atoms with E-state index < -0.39 is 0 Å². The normalized spacial score (nSPS) is 20.1. The minimum Gasteiger partial charge on any atom is -0.497 e. The summed E-state index contributed by atoms with van der Waals surface area (Å²) in [6, 6.07) is 15.7. The van der Waals surface area contributed by atoms with Crippen molar-refractivity contribution in [1.82, 2.24) is 5.32 Å². The molecule has 1 aliphatic carbocycles. The number of methoxy groups -OCH3 is 2. The van der Waals surface area contributed by atoms with E-state index in [9.17, 15) is 4.79 Å². The Morgan fingerprint density at radius 1 is 1.12 bits per heavy atom. The Morgan fingerprint density at radius 3 is 2.54 bits per heavy atom. The average Bonchev–Trinajstić information content (AvgIpc) is 3.42. The molecule has 24 heavy (non-hydrogen) atoms. The second-order valence-corrected chi connectivity index (χ2v) is 6.20. The largest absolute Gasteiger partial charge is 0.497 e. The van der Waals surface area contributed by atoms with Crippen LogP contribution in [0.5, 0.6) is 11.5 Å². The standard InChI is InChI=1S/C20H23NO3/c1-13(16-11-15(23-2)9-10-19(16)24-3)21-20(22)18-12-17(18)14-7-5-4-6-8-14/h4-11,13,17-18H,12H2,1-3H3,(H,21,22)/t13-,17-,18+/m0/s1. The van der Waals surface area contributed by atoms with Gasteiger partial charge in [-0.3, -0.25) is 4.79 Å². The first-order chi connectivity index (χ1) is 11.6. The maximum atomic E-state index is 12.5. The smallest absolute Gasteiger partial charge is 0.224 e. The molecule has 4 heteroatoms. The molecular weight excluding hydrogens is 302 g/mol. The van der Waals surface area contributed by atoms with E-state index in [1.807, 2.05) is 43.3 Å². The Morgan fingerprint density at radius 2 is 1.88 bits per heavy atom. The quantitative estimate of drug-likeness (QED) is 0.881. The molecular formula is C20H23NO3. The third-order valence-electron chi connectivity index (χ3n) is 4.62. The molecule has 1 saturated carbocycles. The van der Waals surface area contributed by atoms with Gasteiger partial charge in [0.15, 0.2) is 0 Å². The van der Waals surface area contributed by atoms with Gasteiger partial charge in [0.25, 0.3) is 0 Å². The number of hydrogen-bond donors (Lipinski definition) is 1. The van der Waals surface area contributed by atoms with Gasteiger partial charge in [0.2, 0.25) is 5.91 Å². The molecule has 0 saturated heterocycles. The van der Waals surface area contributed by atoms with Crippen LogP contribution in [0, 0.1) is 5.92 Å². The molecule has 1 amide bonds. The third-order valence-corrected chi connectivity index (χ3v) is 4.62. The Labute approximate surface area is 142 Å². The topological polar surface area (TPSA) is 47.6 Å². The van der Waals surface area contributed by atoms with Crippen LogP contribution in [-0.2, 0) is 4.79 Å². The van der Waals surface area contributed by atoms with Crippen molar-refractivity contribution in [3.8, 4) is 11.5 Å². The fraction of sp³-hybridized carbons (Fsp3) is 0.350. The molecule has 0 unspecified atom stereocenters. The van der Waals surface area contributed by atoms with E-state index in [-0.39, 0.29) is 17.9 Å². The van der Waals surface area contributed by atoms with Gasteiger partial charge in [-0.15, -0.1) is 0 Å². The lowest BCUT2D eigenvalue weighted by atomic mass is 10.1. The molecule has 0 spiro atoms. The number of rotatable bonds is 6. The molecule has 2 aromatic rings. The van der Waals surface area contributed by atoms with Crippen LogP contribution in [-0.4, -0.2) is 20.1 Å². The van der Waals surface area contributed by atoms with E-state index in [1.165, 1.54) is 5.56 Å². The van der Waals surface area contributed by atoms with Gasteiger partial charge in [-0.1, -0.05) is 30.3 Å². The predicted molar refractivity (Wildman–Crippen MR) is 93.4 cm³/mol.